The number of hydrazine groups is 1. The summed E-state index contributed by atoms with van der Waals surface area (Å²) < 4.78 is 5.50. The summed E-state index contributed by atoms with van der Waals surface area (Å²) >= 11 is 1.57. The smallest absolute Gasteiger partial charge is 0.261 e. The van der Waals surface area contributed by atoms with Gasteiger partial charge in [-0.15, -0.1) is 11.3 Å². The Morgan fingerprint density at radius 1 is 1.26 bits per heavy atom. The van der Waals surface area contributed by atoms with Crippen LogP contribution in [0.2, 0.25) is 0 Å². The zero-order valence-corrected chi connectivity index (χ0v) is 20.5. The summed E-state index contributed by atoms with van der Waals surface area (Å²) in [5.41, 5.74) is 12.4. The average Bonchev–Trinajstić information content (AvgIpc) is 3.60. The van der Waals surface area contributed by atoms with Crippen LogP contribution in [0.5, 0.6) is 0 Å². The van der Waals surface area contributed by atoms with E-state index in [0.29, 0.717) is 13.2 Å². The first-order chi connectivity index (χ1) is 17.0. The number of ether oxygens (including phenoxy) is 1. The third kappa shape index (κ3) is 4.22. The second kappa shape index (κ2) is 8.92. The average molecular weight is 487 g/mol. The van der Waals surface area contributed by atoms with Gasteiger partial charge in [0, 0.05) is 54.5 Å². The highest BCUT2D eigenvalue weighted by atomic mass is 32.1. The maximum absolute atomic E-state index is 12.7. The zero-order chi connectivity index (χ0) is 23.9. The molecule has 1 aromatic carbocycles. The van der Waals surface area contributed by atoms with Gasteiger partial charge in [-0.2, -0.15) is 0 Å². The molecular weight excluding hydrogens is 460 g/mol. The van der Waals surface area contributed by atoms with E-state index in [1.54, 1.807) is 17.7 Å². The molecule has 0 aliphatic carbocycles. The van der Waals surface area contributed by atoms with Crippen molar-refractivity contribution < 1.29 is 9.53 Å². The minimum atomic E-state index is -0.0364. The molecule has 0 spiro atoms. The summed E-state index contributed by atoms with van der Waals surface area (Å²) in [5.74, 6) is -0.0364. The molecular formula is C26H26N6O2S. The van der Waals surface area contributed by atoms with Crippen LogP contribution in [0.3, 0.4) is 0 Å². The Kier molecular flexibility index (Phi) is 5.60. The van der Waals surface area contributed by atoms with Crippen LogP contribution in [0.25, 0.3) is 27.9 Å². The third-order valence-electron chi connectivity index (χ3n) is 6.54. The Bertz CT molecular complexity index is 1450. The predicted molar refractivity (Wildman–Crippen MR) is 137 cm³/mol. The quantitative estimate of drug-likeness (QED) is 0.397. The highest BCUT2D eigenvalue weighted by Crippen LogP contribution is 2.30. The van der Waals surface area contributed by atoms with E-state index >= 15 is 0 Å². The van der Waals surface area contributed by atoms with Crippen molar-refractivity contribution in [2.24, 2.45) is 0 Å². The van der Waals surface area contributed by atoms with Crippen molar-refractivity contribution in [3.05, 3.63) is 75.0 Å². The number of hydrogen-bond acceptors (Lipinski definition) is 7. The fraction of sp³-hybridized carbons (Fsp3) is 0.269. The maximum Gasteiger partial charge on any atom is 0.261 e. The summed E-state index contributed by atoms with van der Waals surface area (Å²) in [6.45, 7) is 4.69. The number of carbonyl (C=O) groups excluding carboxylic acids is 1. The Morgan fingerprint density at radius 3 is 2.97 bits per heavy atom. The lowest BCUT2D eigenvalue weighted by Crippen LogP contribution is -2.24. The van der Waals surface area contributed by atoms with Crippen LogP contribution in [-0.2, 0) is 24.3 Å². The topological polar surface area (TPSA) is 95.2 Å². The molecule has 178 valence electrons. The second-order valence-electron chi connectivity index (χ2n) is 9.01. The Hall–Kier alpha value is -3.53. The lowest BCUT2D eigenvalue weighted by atomic mass is 10.0. The molecule has 2 aliphatic heterocycles. The lowest BCUT2D eigenvalue weighted by Gasteiger charge is -2.10. The number of aromatic amines is 1. The highest BCUT2D eigenvalue weighted by molar-refractivity contribution is 7.14. The maximum atomic E-state index is 12.7. The number of nitrogens with one attached hydrogen (secondary N) is 3. The predicted octanol–water partition coefficient (Wildman–Crippen LogP) is 3.79. The largest absolute Gasteiger partial charge is 0.376 e. The number of hydrogen-bond donors (Lipinski definition) is 3. The van der Waals surface area contributed by atoms with Crippen molar-refractivity contribution in [3.63, 3.8) is 0 Å². The third-order valence-corrected chi connectivity index (χ3v) is 7.77. The van der Waals surface area contributed by atoms with Gasteiger partial charge in [0.2, 0.25) is 0 Å². The van der Waals surface area contributed by atoms with Crippen molar-refractivity contribution in [1.82, 2.24) is 30.7 Å². The molecule has 2 aliphatic rings. The number of aromatic nitrogens is 3. The first-order valence-corrected chi connectivity index (χ1v) is 12.4. The minimum absolute atomic E-state index is 0.0364. The first-order valence-electron chi connectivity index (χ1n) is 11.6. The van der Waals surface area contributed by atoms with Gasteiger partial charge >= 0.3 is 0 Å². The summed E-state index contributed by atoms with van der Waals surface area (Å²) in [6.07, 6.45) is 4.50. The number of thiophene rings is 1. The summed E-state index contributed by atoms with van der Waals surface area (Å²) in [6, 6.07) is 10.3. The van der Waals surface area contributed by atoms with Crippen molar-refractivity contribution in [2.45, 2.75) is 26.5 Å². The Morgan fingerprint density at radius 2 is 2.17 bits per heavy atom. The van der Waals surface area contributed by atoms with Crippen LogP contribution in [0.1, 0.15) is 36.9 Å². The van der Waals surface area contributed by atoms with Crippen LogP contribution < -0.4 is 10.7 Å². The molecule has 9 heteroatoms. The van der Waals surface area contributed by atoms with Crippen molar-refractivity contribution in [3.8, 4) is 11.3 Å². The van der Waals surface area contributed by atoms with Crippen LogP contribution in [0.4, 0.5) is 0 Å². The molecule has 35 heavy (non-hydrogen) atoms. The van der Waals surface area contributed by atoms with Crippen molar-refractivity contribution in [1.29, 1.82) is 0 Å². The van der Waals surface area contributed by atoms with Crippen molar-refractivity contribution in [2.75, 3.05) is 20.2 Å². The van der Waals surface area contributed by atoms with Crippen LogP contribution in [-0.4, -0.2) is 46.1 Å². The number of amides is 1. The number of benzene rings is 1. The molecule has 3 N–H and O–H groups in total. The van der Waals surface area contributed by atoms with Gasteiger partial charge in [-0.1, -0.05) is 12.1 Å². The van der Waals surface area contributed by atoms with E-state index in [1.165, 1.54) is 10.5 Å². The minimum Gasteiger partial charge on any atom is -0.376 e. The molecule has 3 aromatic heterocycles. The Labute approximate surface area is 207 Å². The Balaban J connectivity index is 1.21. The molecule has 0 atom stereocenters. The molecule has 5 heterocycles. The van der Waals surface area contributed by atoms with Crippen LogP contribution in [0.15, 0.2) is 42.9 Å². The second-order valence-corrected chi connectivity index (χ2v) is 10.1. The van der Waals surface area contributed by atoms with Gasteiger partial charge in [0.25, 0.3) is 5.91 Å². The van der Waals surface area contributed by atoms with Gasteiger partial charge in [0.05, 0.1) is 34.8 Å². The molecule has 0 fully saturated rings. The van der Waals surface area contributed by atoms with Gasteiger partial charge < -0.3 is 20.5 Å². The number of likely N-dealkylation sites (N-methyl/N-ethyl adjacent to an activating group) is 1. The summed E-state index contributed by atoms with van der Waals surface area (Å²) in [7, 11) is 2.01. The number of nitrogens with zero attached hydrogens (tertiary/aromatic N) is 3. The van der Waals surface area contributed by atoms with Gasteiger partial charge in [-0.05, 0) is 41.8 Å². The monoisotopic (exact) mass is 486 g/mol. The molecule has 0 radical (unpaired) electrons. The van der Waals surface area contributed by atoms with E-state index in [1.807, 2.05) is 24.3 Å². The van der Waals surface area contributed by atoms with Gasteiger partial charge in [-0.3, -0.25) is 4.79 Å². The van der Waals surface area contributed by atoms with Gasteiger partial charge in [0.1, 0.15) is 6.33 Å². The molecule has 0 saturated carbocycles. The van der Waals surface area contributed by atoms with E-state index in [4.69, 9.17) is 4.74 Å². The standard InChI is InChI=1S/C26H26N6O2S/c1-15-7-16(24-25-21(28-14-29-24)9-20(31-25)19-11-30-32(2)12-19)3-4-17(15)10-27-26(33)23-8-18-13-34-6-5-22(18)35-23/h3-4,7-9,11,14,30-31H,5-6,10,12-13H2,1-2H3,(H,27,33). The number of fused-ring (bicyclic) bond motifs is 2. The van der Waals surface area contributed by atoms with Crippen LogP contribution >= 0.6 is 11.3 Å². The van der Waals surface area contributed by atoms with E-state index < -0.39 is 0 Å². The fourth-order valence-electron chi connectivity index (χ4n) is 4.59. The molecule has 0 saturated heterocycles. The number of H-pyrrole nitrogens is 1. The molecule has 6 rings (SSSR count). The lowest BCUT2D eigenvalue weighted by molar-refractivity contribution is 0.0954. The van der Waals surface area contributed by atoms with E-state index in [9.17, 15) is 4.79 Å². The van der Waals surface area contributed by atoms with E-state index in [2.05, 4.69) is 56.9 Å². The molecule has 0 bridgehead atoms. The zero-order valence-electron chi connectivity index (χ0n) is 19.6. The van der Waals surface area contributed by atoms with E-state index in [0.717, 1.165) is 69.1 Å². The van der Waals surface area contributed by atoms with Gasteiger partial charge in [0.15, 0.2) is 0 Å². The van der Waals surface area contributed by atoms with Gasteiger partial charge in [-0.25, -0.2) is 15.0 Å². The molecule has 8 nitrogen and oxygen atoms in total. The molecule has 0 unspecified atom stereocenters. The first kappa shape index (κ1) is 22.0. The molecule has 1 amide bonds. The summed E-state index contributed by atoms with van der Waals surface area (Å²) in [4.78, 5) is 27.3. The SMILES string of the molecule is Cc1cc(-c2ncnc3cc(C4=CNN(C)C4)[nH]c23)ccc1CNC(=O)c1cc2c(s1)CCOC2. The van der Waals surface area contributed by atoms with Crippen molar-refractivity contribution >= 4 is 33.9 Å². The fourth-order valence-corrected chi connectivity index (χ4v) is 5.66. The molecule has 4 aromatic rings. The highest BCUT2D eigenvalue weighted by Gasteiger charge is 2.19. The van der Waals surface area contributed by atoms with Crippen LogP contribution in [0, 0.1) is 6.92 Å². The van der Waals surface area contributed by atoms with E-state index in [-0.39, 0.29) is 5.91 Å². The number of rotatable bonds is 5. The summed E-state index contributed by atoms with van der Waals surface area (Å²) in [5, 5.41) is 5.10. The number of aryl methyl sites for hydroxylation is 1. The number of carbonyl (C=O) groups is 1. The normalized spacial score (nSPS) is 15.7.